The van der Waals surface area contributed by atoms with Gasteiger partial charge in [0.25, 0.3) is 6.71 Å². The highest BCUT2D eigenvalue weighted by molar-refractivity contribution is 7.18. The van der Waals surface area contributed by atoms with Crippen molar-refractivity contribution < 1.29 is 5.11 Å². The van der Waals surface area contributed by atoms with Gasteiger partial charge in [-0.2, -0.15) is 0 Å². The fourth-order valence-electron chi connectivity index (χ4n) is 2.61. The van der Waals surface area contributed by atoms with Gasteiger partial charge in [0, 0.05) is 21.8 Å². The Hall–Kier alpha value is -2.39. The average molecular weight is 307 g/mol. The Labute approximate surface area is 133 Å². The number of nitrogens with zero attached hydrogens (tertiary/aromatic N) is 3. The summed E-state index contributed by atoms with van der Waals surface area (Å²) in [5.41, 5.74) is 1.10. The summed E-state index contributed by atoms with van der Waals surface area (Å²) in [6.07, 6.45) is 5.10. The van der Waals surface area contributed by atoms with Crippen LogP contribution in [-0.4, -0.2) is 22.0 Å². The van der Waals surface area contributed by atoms with E-state index in [2.05, 4.69) is 35.4 Å². The maximum absolute atomic E-state index is 9.66. The largest absolute Gasteiger partial charge is 0.508 e. The highest BCUT2D eigenvalue weighted by atomic mass is 32.1. The van der Waals surface area contributed by atoms with Crippen molar-refractivity contribution in [1.29, 1.82) is 5.26 Å². The van der Waals surface area contributed by atoms with Crippen LogP contribution in [0.5, 0.6) is 0 Å². The molecule has 0 amide bonds. The van der Waals surface area contributed by atoms with Gasteiger partial charge in [0.2, 0.25) is 0 Å². The molecule has 0 saturated carbocycles. The number of fused-ring (bicyclic) bond motifs is 1. The van der Waals surface area contributed by atoms with Crippen LogP contribution in [0, 0.1) is 11.2 Å². The van der Waals surface area contributed by atoms with Crippen molar-refractivity contribution >= 4 is 33.8 Å². The van der Waals surface area contributed by atoms with Gasteiger partial charge in [-0.25, -0.2) is 5.26 Å². The maximum Gasteiger partial charge on any atom is 0.269 e. The second-order valence-electron chi connectivity index (χ2n) is 5.40. The smallest absolute Gasteiger partial charge is 0.269 e. The Morgan fingerprint density at radius 3 is 2.86 bits per heavy atom. The molecule has 0 spiro atoms. The lowest BCUT2D eigenvalue weighted by Crippen LogP contribution is -2.27. The van der Waals surface area contributed by atoms with Crippen LogP contribution >= 0.6 is 11.3 Å². The fraction of sp³-hybridized carbons (Fsp3) is 0.188. The van der Waals surface area contributed by atoms with Gasteiger partial charge in [0.15, 0.2) is 0 Å². The molecule has 4 nitrogen and oxygen atoms in total. The topological polar surface area (TPSA) is 69.8 Å². The summed E-state index contributed by atoms with van der Waals surface area (Å²) in [5.74, 6) is 2.71. The quantitative estimate of drug-likeness (QED) is 0.527. The predicted octanol–water partition coefficient (Wildman–Crippen LogP) is 3.99. The number of rotatable bonds is 4. The molecule has 1 aliphatic heterocycles. The molecule has 6 heteroatoms. The van der Waals surface area contributed by atoms with Crippen LogP contribution in [0.2, 0.25) is 12.6 Å². The van der Waals surface area contributed by atoms with Crippen molar-refractivity contribution in [3.05, 3.63) is 53.8 Å². The minimum absolute atomic E-state index is 0.0557. The van der Waals surface area contributed by atoms with Crippen molar-refractivity contribution in [2.24, 2.45) is 0 Å². The Kier molecular flexibility index (Phi) is 3.82. The molecule has 3 heterocycles. The van der Waals surface area contributed by atoms with Crippen LogP contribution in [0.25, 0.3) is 15.8 Å². The van der Waals surface area contributed by atoms with E-state index in [1.807, 2.05) is 6.07 Å². The number of hydrogen-bond acceptors (Lipinski definition) is 5. The van der Waals surface area contributed by atoms with E-state index in [9.17, 15) is 5.11 Å². The van der Waals surface area contributed by atoms with Crippen LogP contribution in [0.3, 0.4) is 0 Å². The third-order valence-corrected chi connectivity index (χ3v) is 5.09. The number of thiophene rings is 1. The van der Waals surface area contributed by atoms with Gasteiger partial charge < -0.3 is 5.11 Å². The Morgan fingerprint density at radius 2 is 2.23 bits per heavy atom. The van der Waals surface area contributed by atoms with Crippen LogP contribution < -0.4 is 0 Å². The Balaban J connectivity index is 1.94. The van der Waals surface area contributed by atoms with Gasteiger partial charge in [-0.15, -0.1) is 21.5 Å². The van der Waals surface area contributed by atoms with E-state index in [4.69, 9.17) is 5.26 Å². The zero-order chi connectivity index (χ0) is 15.7. The third kappa shape index (κ3) is 2.56. The Bertz CT molecular complexity index is 828. The van der Waals surface area contributed by atoms with Gasteiger partial charge in [0.05, 0.1) is 5.69 Å². The molecule has 0 aromatic carbocycles. The van der Waals surface area contributed by atoms with E-state index in [-0.39, 0.29) is 12.5 Å². The van der Waals surface area contributed by atoms with Crippen molar-refractivity contribution in [3.8, 4) is 5.97 Å². The van der Waals surface area contributed by atoms with E-state index in [0.29, 0.717) is 17.2 Å². The summed E-state index contributed by atoms with van der Waals surface area (Å²) in [6, 6.07) is 4.02. The summed E-state index contributed by atoms with van der Waals surface area (Å²) in [6.45, 7) is 7.37. The molecule has 1 saturated heterocycles. The number of aliphatic hydroxyl groups is 1. The number of nitriles is 1. The molecule has 108 valence electrons. The van der Waals surface area contributed by atoms with E-state index in [0.717, 1.165) is 22.9 Å². The van der Waals surface area contributed by atoms with E-state index in [1.165, 1.54) is 4.88 Å². The fourth-order valence-corrected chi connectivity index (χ4v) is 3.69. The van der Waals surface area contributed by atoms with Crippen LogP contribution in [0.4, 0.5) is 0 Å². The second kappa shape index (κ2) is 5.78. The summed E-state index contributed by atoms with van der Waals surface area (Å²) in [7, 11) is 0. The molecule has 0 unspecified atom stereocenters. The Morgan fingerprint density at radius 1 is 1.45 bits per heavy atom. The monoisotopic (exact) mass is 307 g/mol. The molecule has 3 rings (SSSR count). The normalized spacial score (nSPS) is 15.4. The highest BCUT2D eigenvalue weighted by Gasteiger charge is 2.35. The van der Waals surface area contributed by atoms with Crippen molar-refractivity contribution in [2.75, 3.05) is 0 Å². The van der Waals surface area contributed by atoms with Crippen LogP contribution in [-0.2, 0) is 0 Å². The van der Waals surface area contributed by atoms with Crippen molar-refractivity contribution in [2.45, 2.75) is 18.6 Å². The third-order valence-electron chi connectivity index (χ3n) is 3.89. The summed E-state index contributed by atoms with van der Waals surface area (Å²) >= 11 is 1.63. The minimum atomic E-state index is -0.0557. The lowest BCUT2D eigenvalue weighted by Gasteiger charge is -2.26. The highest BCUT2D eigenvalue weighted by Crippen LogP contribution is 2.42. The lowest BCUT2D eigenvalue weighted by atomic mass is 9.32. The van der Waals surface area contributed by atoms with Gasteiger partial charge >= 0.3 is 0 Å². The summed E-state index contributed by atoms with van der Waals surface area (Å²) in [5, 5.41) is 27.9. The predicted molar refractivity (Wildman–Crippen MR) is 91.1 cm³/mol. The van der Waals surface area contributed by atoms with Crippen molar-refractivity contribution in [3.63, 3.8) is 0 Å². The zero-order valence-electron chi connectivity index (χ0n) is 12.0. The molecule has 1 fully saturated rings. The molecule has 2 aromatic heterocycles. The van der Waals surface area contributed by atoms with Gasteiger partial charge in [-0.1, -0.05) is 31.9 Å². The molecule has 22 heavy (non-hydrogen) atoms. The van der Waals surface area contributed by atoms with E-state index < -0.39 is 0 Å². The molecule has 0 aliphatic carbocycles. The molecular weight excluding hydrogens is 293 g/mol. The first kappa shape index (κ1) is 14.5. The first-order valence-electron chi connectivity index (χ1n) is 7.00. The van der Waals surface area contributed by atoms with Crippen molar-refractivity contribution in [1.82, 2.24) is 10.2 Å². The van der Waals surface area contributed by atoms with Gasteiger partial charge in [-0.05, 0) is 24.1 Å². The SMILES string of the molecule is C=C/C=C(\C(=C)O)c1cc2cc(C3CB(C#N)C3)sc2nn1. The molecule has 2 aromatic rings. The molecule has 0 radical (unpaired) electrons. The number of hydrogen-bond donors (Lipinski definition) is 1. The van der Waals surface area contributed by atoms with Crippen LogP contribution in [0.1, 0.15) is 16.5 Å². The first-order chi connectivity index (χ1) is 10.6. The van der Waals surface area contributed by atoms with Crippen LogP contribution in [0.15, 0.2) is 43.2 Å². The van der Waals surface area contributed by atoms with E-state index in [1.54, 1.807) is 23.5 Å². The molecule has 0 atom stereocenters. The minimum Gasteiger partial charge on any atom is -0.508 e. The summed E-state index contributed by atoms with van der Waals surface area (Å²) in [4.78, 5) is 2.13. The molecule has 0 bridgehead atoms. The lowest BCUT2D eigenvalue weighted by molar-refractivity contribution is 0.440. The average Bonchev–Trinajstić information content (AvgIpc) is 2.85. The van der Waals surface area contributed by atoms with E-state index >= 15 is 0 Å². The standard InChI is InChI=1S/C16H14BN3OS/c1-3-4-13(10(2)21)14-5-11-6-15(22-16(11)20-19-14)12-7-17(8-12)9-18/h3-6,12,21H,1-2,7-8H2/b13-4+. The molecule has 1 aliphatic rings. The van der Waals surface area contributed by atoms with Gasteiger partial charge in [0.1, 0.15) is 10.6 Å². The molecule has 1 N–H and O–H groups in total. The first-order valence-corrected chi connectivity index (χ1v) is 7.82. The number of allylic oxidation sites excluding steroid dienone is 3. The zero-order valence-corrected chi connectivity index (χ0v) is 12.8. The maximum atomic E-state index is 9.66. The number of aliphatic hydroxyl groups excluding tert-OH is 1. The van der Waals surface area contributed by atoms with Gasteiger partial charge in [-0.3, -0.25) is 0 Å². The second-order valence-corrected chi connectivity index (χ2v) is 6.46. The number of aromatic nitrogens is 2. The summed E-state index contributed by atoms with van der Waals surface area (Å²) < 4.78 is 0. The molecular formula is C16H14BN3OS.